The Morgan fingerprint density at radius 1 is 0.622 bits per heavy atom. The molecule has 0 amide bonds. The second-order valence-corrected chi connectivity index (χ2v) is 10.7. The van der Waals surface area contributed by atoms with Crippen LogP contribution in [0.1, 0.15) is 113 Å². The zero-order valence-electron chi connectivity index (χ0n) is 23.9. The van der Waals surface area contributed by atoms with E-state index in [1.54, 1.807) is 0 Å². The molecule has 0 fully saturated rings. The van der Waals surface area contributed by atoms with Gasteiger partial charge < -0.3 is 20.1 Å². The quantitative estimate of drug-likeness (QED) is 0.187. The maximum atomic E-state index is 10.5. The first-order valence-corrected chi connectivity index (χ1v) is 14.7. The fraction of sp³-hybridized carbons (Fsp3) is 0.636. The Bertz CT molecular complexity index is 895. The lowest BCUT2D eigenvalue weighted by atomic mass is 9.78. The molecule has 0 spiro atoms. The number of rotatable bonds is 19. The third-order valence-corrected chi connectivity index (χ3v) is 7.60. The van der Waals surface area contributed by atoms with E-state index in [0.717, 1.165) is 93.9 Å². The third kappa shape index (κ3) is 8.84. The molecule has 2 aromatic rings. The Morgan fingerprint density at radius 3 is 1.59 bits per heavy atom. The number of aliphatic hydroxyl groups is 3. The van der Waals surface area contributed by atoms with Crippen molar-refractivity contribution in [2.45, 2.75) is 111 Å². The molecule has 2 rings (SSSR count). The average Bonchev–Trinajstić information content (AvgIpc) is 2.94. The van der Waals surface area contributed by atoms with Gasteiger partial charge in [-0.2, -0.15) is 0 Å². The SMILES string of the molecule is CCCCc1ccc(OC(c2ccc(CCCC)cc2CCCC)C(CO)(CO)CO)c(CCCC)c1. The lowest BCUT2D eigenvalue weighted by Crippen LogP contribution is -2.43. The minimum absolute atomic E-state index is 0.367. The summed E-state index contributed by atoms with van der Waals surface area (Å²) >= 11 is 0. The maximum absolute atomic E-state index is 10.5. The van der Waals surface area contributed by atoms with Gasteiger partial charge in [0, 0.05) is 0 Å². The monoisotopic (exact) mass is 512 g/mol. The summed E-state index contributed by atoms with van der Waals surface area (Å²) in [4.78, 5) is 0. The molecule has 0 bridgehead atoms. The first-order chi connectivity index (χ1) is 18.0. The van der Waals surface area contributed by atoms with Crippen LogP contribution in [0, 0.1) is 5.41 Å². The van der Waals surface area contributed by atoms with Crippen LogP contribution in [0.15, 0.2) is 36.4 Å². The first kappa shape index (κ1) is 31.3. The molecule has 0 aliphatic rings. The second kappa shape index (κ2) is 16.9. The normalized spacial score (nSPS) is 12.6. The van der Waals surface area contributed by atoms with Crippen molar-refractivity contribution in [3.05, 3.63) is 64.2 Å². The molecule has 0 aliphatic heterocycles. The van der Waals surface area contributed by atoms with Gasteiger partial charge in [0.25, 0.3) is 0 Å². The molecule has 4 nitrogen and oxygen atoms in total. The van der Waals surface area contributed by atoms with Crippen molar-refractivity contribution in [3.63, 3.8) is 0 Å². The van der Waals surface area contributed by atoms with Crippen molar-refractivity contribution < 1.29 is 20.1 Å². The molecule has 208 valence electrons. The summed E-state index contributed by atoms with van der Waals surface area (Å²) in [5.74, 6) is 0.787. The Balaban J connectivity index is 2.60. The highest BCUT2D eigenvalue weighted by atomic mass is 16.5. The van der Waals surface area contributed by atoms with E-state index in [-0.39, 0.29) is 19.8 Å². The highest BCUT2D eigenvalue weighted by Crippen LogP contribution is 2.41. The molecule has 3 N–H and O–H groups in total. The number of benzene rings is 2. The minimum atomic E-state index is -1.20. The van der Waals surface area contributed by atoms with E-state index in [1.165, 1.54) is 16.7 Å². The van der Waals surface area contributed by atoms with Crippen molar-refractivity contribution in [1.82, 2.24) is 0 Å². The molecule has 1 atom stereocenters. The highest BCUT2D eigenvalue weighted by molar-refractivity contribution is 5.40. The van der Waals surface area contributed by atoms with Gasteiger partial charge in [-0.3, -0.25) is 0 Å². The smallest absolute Gasteiger partial charge is 0.136 e. The Morgan fingerprint density at radius 2 is 1.08 bits per heavy atom. The summed E-state index contributed by atoms with van der Waals surface area (Å²) < 4.78 is 6.79. The number of ether oxygens (including phenoxy) is 1. The Hall–Kier alpha value is -1.88. The zero-order chi connectivity index (χ0) is 27.1. The lowest BCUT2D eigenvalue weighted by molar-refractivity contribution is -0.0748. The third-order valence-electron chi connectivity index (χ3n) is 7.60. The number of hydrogen-bond acceptors (Lipinski definition) is 4. The Kier molecular flexibility index (Phi) is 14.3. The van der Waals surface area contributed by atoms with E-state index in [1.807, 2.05) is 0 Å². The molecule has 37 heavy (non-hydrogen) atoms. The molecule has 0 saturated carbocycles. The first-order valence-electron chi connectivity index (χ1n) is 14.7. The van der Waals surface area contributed by atoms with Crippen molar-refractivity contribution >= 4 is 0 Å². The number of aryl methyl sites for hydroxylation is 4. The van der Waals surface area contributed by atoms with E-state index >= 15 is 0 Å². The summed E-state index contributed by atoms with van der Waals surface area (Å²) in [7, 11) is 0. The van der Waals surface area contributed by atoms with Crippen molar-refractivity contribution in [1.29, 1.82) is 0 Å². The van der Waals surface area contributed by atoms with Crippen LogP contribution in [0.5, 0.6) is 5.75 Å². The molecule has 4 heteroatoms. The number of unbranched alkanes of at least 4 members (excludes halogenated alkanes) is 4. The van der Waals surface area contributed by atoms with Gasteiger partial charge in [0.1, 0.15) is 11.9 Å². The second-order valence-electron chi connectivity index (χ2n) is 10.7. The maximum Gasteiger partial charge on any atom is 0.136 e. The van der Waals surface area contributed by atoms with Gasteiger partial charge >= 0.3 is 0 Å². The Labute approximate surface area is 226 Å². The van der Waals surface area contributed by atoms with Crippen LogP contribution in [0.4, 0.5) is 0 Å². The average molecular weight is 513 g/mol. The van der Waals surface area contributed by atoms with Crippen LogP contribution in [-0.4, -0.2) is 35.1 Å². The van der Waals surface area contributed by atoms with Gasteiger partial charge in [0.05, 0.1) is 25.2 Å². The van der Waals surface area contributed by atoms with E-state index < -0.39 is 11.5 Å². The molecule has 0 heterocycles. The van der Waals surface area contributed by atoms with Crippen molar-refractivity contribution in [3.8, 4) is 5.75 Å². The highest BCUT2D eigenvalue weighted by Gasteiger charge is 2.42. The molecule has 1 unspecified atom stereocenters. The molecular formula is C33H52O4. The lowest BCUT2D eigenvalue weighted by Gasteiger charge is -2.38. The van der Waals surface area contributed by atoms with Gasteiger partial charge in [-0.05, 0) is 85.3 Å². The van der Waals surface area contributed by atoms with Gasteiger partial charge in [0.15, 0.2) is 0 Å². The molecule has 0 saturated heterocycles. The van der Waals surface area contributed by atoms with E-state index in [9.17, 15) is 15.3 Å². The summed E-state index contributed by atoms with van der Waals surface area (Å²) in [5.41, 5.74) is 4.74. The summed E-state index contributed by atoms with van der Waals surface area (Å²) in [5, 5.41) is 31.4. The largest absolute Gasteiger partial charge is 0.485 e. The van der Waals surface area contributed by atoms with Gasteiger partial charge in [-0.1, -0.05) is 83.7 Å². The molecular weight excluding hydrogens is 460 g/mol. The van der Waals surface area contributed by atoms with E-state index in [2.05, 4.69) is 64.1 Å². The predicted molar refractivity (Wildman–Crippen MR) is 154 cm³/mol. The summed E-state index contributed by atoms with van der Waals surface area (Å²) in [6.07, 6.45) is 12.1. The summed E-state index contributed by atoms with van der Waals surface area (Å²) in [6, 6.07) is 13.0. The standard InChI is InChI=1S/C33H52O4/c1-5-9-13-26-17-19-30(28(21-26)15-11-7-3)32(33(23-34,24-35)25-36)37-31-20-18-27(14-10-6-2)22-29(31)16-12-8-4/h17-22,32,34-36H,5-16,23-25H2,1-4H3. The molecule has 0 aliphatic carbocycles. The molecule has 0 radical (unpaired) electrons. The topological polar surface area (TPSA) is 69.9 Å². The van der Waals surface area contributed by atoms with Gasteiger partial charge in [-0.15, -0.1) is 0 Å². The van der Waals surface area contributed by atoms with Crippen LogP contribution in [0.2, 0.25) is 0 Å². The van der Waals surface area contributed by atoms with Crippen LogP contribution >= 0.6 is 0 Å². The van der Waals surface area contributed by atoms with Crippen LogP contribution in [0.25, 0.3) is 0 Å². The van der Waals surface area contributed by atoms with Crippen LogP contribution in [-0.2, 0) is 25.7 Å². The van der Waals surface area contributed by atoms with Crippen LogP contribution < -0.4 is 4.74 Å². The number of aliphatic hydroxyl groups excluding tert-OH is 3. The van der Waals surface area contributed by atoms with Crippen molar-refractivity contribution in [2.75, 3.05) is 19.8 Å². The molecule has 0 aromatic heterocycles. The van der Waals surface area contributed by atoms with Gasteiger partial charge in [0.2, 0.25) is 0 Å². The fourth-order valence-electron chi connectivity index (χ4n) is 4.93. The predicted octanol–water partition coefficient (Wildman–Crippen LogP) is 7.14. The van der Waals surface area contributed by atoms with Gasteiger partial charge in [-0.25, -0.2) is 0 Å². The summed E-state index contributed by atoms with van der Waals surface area (Å²) in [6.45, 7) is 7.70. The van der Waals surface area contributed by atoms with Crippen LogP contribution in [0.3, 0.4) is 0 Å². The van der Waals surface area contributed by atoms with E-state index in [4.69, 9.17) is 4.74 Å². The van der Waals surface area contributed by atoms with E-state index in [0.29, 0.717) is 0 Å². The zero-order valence-corrected chi connectivity index (χ0v) is 23.9. The number of hydrogen-bond donors (Lipinski definition) is 3. The minimum Gasteiger partial charge on any atom is -0.485 e. The van der Waals surface area contributed by atoms with Crippen molar-refractivity contribution in [2.24, 2.45) is 5.41 Å². The molecule has 2 aromatic carbocycles. The fourth-order valence-corrected chi connectivity index (χ4v) is 4.93.